The van der Waals surface area contributed by atoms with Gasteiger partial charge in [0.2, 0.25) is 5.95 Å². The lowest BCUT2D eigenvalue weighted by Crippen LogP contribution is -2.39. The van der Waals surface area contributed by atoms with Crippen molar-refractivity contribution in [2.45, 2.75) is 0 Å². The number of anilines is 2. The number of benzene rings is 1. The lowest BCUT2D eigenvalue weighted by atomic mass is 10.3. The summed E-state index contributed by atoms with van der Waals surface area (Å²) < 4.78 is 11.1. The molecule has 0 saturated carbocycles. The fraction of sp³-hybridized carbons (Fsp3) is 0.421. The molecule has 3 aromatic rings. The molecule has 1 fully saturated rings. The van der Waals surface area contributed by atoms with Gasteiger partial charge in [0.1, 0.15) is 17.9 Å². The SMILES string of the molecule is c1ccc(OCCNc2nc(NCCN3CCOCC3)nc3nc[nH]c23)cc1. The Hall–Kier alpha value is -2.91. The molecule has 0 unspecified atom stereocenters. The monoisotopic (exact) mass is 383 g/mol. The molecule has 0 spiro atoms. The van der Waals surface area contributed by atoms with E-state index in [9.17, 15) is 0 Å². The molecule has 0 bridgehead atoms. The Balaban J connectivity index is 1.32. The lowest BCUT2D eigenvalue weighted by Gasteiger charge is -2.26. The van der Waals surface area contributed by atoms with Crippen molar-refractivity contribution in [2.75, 3.05) is 63.2 Å². The Bertz CT molecular complexity index is 865. The number of rotatable bonds is 9. The number of aromatic amines is 1. The largest absolute Gasteiger partial charge is 0.492 e. The number of ether oxygens (including phenoxy) is 2. The van der Waals surface area contributed by atoms with Crippen molar-refractivity contribution in [3.05, 3.63) is 36.7 Å². The molecule has 1 aromatic carbocycles. The number of hydrogen-bond acceptors (Lipinski definition) is 8. The number of para-hydroxylation sites is 1. The highest BCUT2D eigenvalue weighted by Gasteiger charge is 2.12. The molecule has 28 heavy (non-hydrogen) atoms. The Morgan fingerprint density at radius 3 is 2.79 bits per heavy atom. The molecule has 148 valence electrons. The summed E-state index contributed by atoms with van der Waals surface area (Å²) in [5, 5.41) is 6.61. The van der Waals surface area contributed by atoms with Crippen LogP contribution in [-0.4, -0.2) is 77.4 Å². The van der Waals surface area contributed by atoms with Gasteiger partial charge in [-0.25, -0.2) is 4.98 Å². The highest BCUT2D eigenvalue weighted by molar-refractivity contribution is 5.83. The molecule has 2 aromatic heterocycles. The first-order chi connectivity index (χ1) is 13.9. The number of fused-ring (bicyclic) bond motifs is 1. The van der Waals surface area contributed by atoms with Gasteiger partial charge < -0.3 is 25.1 Å². The van der Waals surface area contributed by atoms with E-state index in [4.69, 9.17) is 9.47 Å². The van der Waals surface area contributed by atoms with Crippen molar-refractivity contribution >= 4 is 22.9 Å². The first-order valence-electron chi connectivity index (χ1n) is 9.55. The van der Waals surface area contributed by atoms with Crippen LogP contribution in [0.5, 0.6) is 5.75 Å². The van der Waals surface area contributed by atoms with Crippen LogP contribution in [0.4, 0.5) is 11.8 Å². The van der Waals surface area contributed by atoms with Crippen LogP contribution < -0.4 is 15.4 Å². The van der Waals surface area contributed by atoms with Crippen LogP contribution in [0, 0.1) is 0 Å². The first-order valence-corrected chi connectivity index (χ1v) is 9.55. The topological polar surface area (TPSA) is 100 Å². The number of nitrogens with zero attached hydrogens (tertiary/aromatic N) is 4. The quantitative estimate of drug-likeness (QED) is 0.479. The molecule has 1 aliphatic heterocycles. The molecule has 0 amide bonds. The number of aromatic nitrogens is 4. The first kappa shape index (κ1) is 18.5. The van der Waals surface area contributed by atoms with E-state index in [2.05, 4.69) is 35.5 Å². The molecule has 9 heteroatoms. The fourth-order valence-electron chi connectivity index (χ4n) is 3.05. The van der Waals surface area contributed by atoms with Gasteiger partial charge in [-0.05, 0) is 12.1 Å². The Labute approximate surface area is 163 Å². The van der Waals surface area contributed by atoms with E-state index >= 15 is 0 Å². The molecule has 0 atom stereocenters. The maximum absolute atomic E-state index is 5.72. The average molecular weight is 383 g/mol. The number of morpholine rings is 1. The summed E-state index contributed by atoms with van der Waals surface area (Å²) in [6.07, 6.45) is 1.63. The summed E-state index contributed by atoms with van der Waals surface area (Å²) in [6, 6.07) is 9.75. The molecule has 1 aliphatic rings. The second kappa shape index (κ2) is 9.34. The van der Waals surface area contributed by atoms with Crippen LogP contribution in [0.15, 0.2) is 36.7 Å². The zero-order valence-electron chi connectivity index (χ0n) is 15.7. The third-order valence-corrected chi connectivity index (χ3v) is 4.51. The zero-order valence-corrected chi connectivity index (χ0v) is 15.7. The molecule has 9 nitrogen and oxygen atoms in total. The van der Waals surface area contributed by atoms with Crippen molar-refractivity contribution in [3.8, 4) is 5.75 Å². The second-order valence-electron chi connectivity index (χ2n) is 6.47. The van der Waals surface area contributed by atoms with E-state index in [0.717, 1.165) is 50.7 Å². The van der Waals surface area contributed by atoms with E-state index in [1.807, 2.05) is 30.3 Å². The fourth-order valence-corrected chi connectivity index (χ4v) is 3.05. The Morgan fingerprint density at radius 2 is 1.93 bits per heavy atom. The number of H-pyrrole nitrogens is 1. The predicted molar refractivity (Wildman–Crippen MR) is 108 cm³/mol. The van der Waals surface area contributed by atoms with Gasteiger partial charge in [0.15, 0.2) is 11.5 Å². The van der Waals surface area contributed by atoms with Crippen LogP contribution >= 0.6 is 0 Å². The Morgan fingerprint density at radius 1 is 1.07 bits per heavy atom. The van der Waals surface area contributed by atoms with Gasteiger partial charge in [-0.1, -0.05) is 18.2 Å². The van der Waals surface area contributed by atoms with Gasteiger partial charge in [0.25, 0.3) is 0 Å². The molecular weight excluding hydrogens is 358 g/mol. The van der Waals surface area contributed by atoms with Crippen LogP contribution in [0.2, 0.25) is 0 Å². The highest BCUT2D eigenvalue weighted by Crippen LogP contribution is 2.18. The number of hydrogen-bond donors (Lipinski definition) is 3. The van der Waals surface area contributed by atoms with Crippen LogP contribution in [-0.2, 0) is 4.74 Å². The van der Waals surface area contributed by atoms with Crippen molar-refractivity contribution in [1.82, 2.24) is 24.8 Å². The normalized spacial score (nSPS) is 14.9. The maximum Gasteiger partial charge on any atom is 0.226 e. The van der Waals surface area contributed by atoms with Crippen molar-refractivity contribution < 1.29 is 9.47 Å². The van der Waals surface area contributed by atoms with Gasteiger partial charge in [-0.2, -0.15) is 9.97 Å². The molecule has 0 radical (unpaired) electrons. The van der Waals surface area contributed by atoms with E-state index < -0.39 is 0 Å². The summed E-state index contributed by atoms with van der Waals surface area (Å²) in [5.41, 5.74) is 1.42. The summed E-state index contributed by atoms with van der Waals surface area (Å²) in [4.78, 5) is 18.8. The minimum Gasteiger partial charge on any atom is -0.492 e. The highest BCUT2D eigenvalue weighted by atomic mass is 16.5. The molecule has 0 aliphatic carbocycles. The maximum atomic E-state index is 5.72. The van der Waals surface area contributed by atoms with Gasteiger partial charge in [-0.15, -0.1) is 0 Å². The summed E-state index contributed by atoms with van der Waals surface area (Å²) in [5.74, 6) is 2.14. The van der Waals surface area contributed by atoms with Crippen molar-refractivity contribution in [3.63, 3.8) is 0 Å². The summed E-state index contributed by atoms with van der Waals surface area (Å²) >= 11 is 0. The molecular formula is C19H25N7O2. The molecule has 1 saturated heterocycles. The minimum absolute atomic E-state index is 0.531. The number of nitrogens with one attached hydrogen (secondary N) is 3. The van der Waals surface area contributed by atoms with E-state index in [1.54, 1.807) is 6.33 Å². The third-order valence-electron chi connectivity index (χ3n) is 4.51. The van der Waals surface area contributed by atoms with Crippen LogP contribution in [0.25, 0.3) is 11.2 Å². The zero-order chi connectivity index (χ0) is 19.0. The number of imidazole rings is 1. The van der Waals surface area contributed by atoms with E-state index in [0.29, 0.717) is 30.6 Å². The van der Waals surface area contributed by atoms with Gasteiger partial charge in [0.05, 0.1) is 26.1 Å². The molecule has 3 heterocycles. The molecule has 3 N–H and O–H groups in total. The second-order valence-corrected chi connectivity index (χ2v) is 6.47. The van der Waals surface area contributed by atoms with E-state index in [1.165, 1.54) is 0 Å². The van der Waals surface area contributed by atoms with Crippen molar-refractivity contribution in [1.29, 1.82) is 0 Å². The van der Waals surface area contributed by atoms with Gasteiger partial charge >= 0.3 is 0 Å². The van der Waals surface area contributed by atoms with Gasteiger partial charge in [-0.3, -0.25) is 4.90 Å². The molecule has 4 rings (SSSR count). The van der Waals surface area contributed by atoms with Crippen molar-refractivity contribution in [2.24, 2.45) is 0 Å². The van der Waals surface area contributed by atoms with Crippen LogP contribution in [0.3, 0.4) is 0 Å². The Kier molecular flexibility index (Phi) is 6.15. The predicted octanol–water partition coefficient (Wildman–Crippen LogP) is 1.59. The standard InChI is InChI=1S/C19H25N7O2/c1-2-4-15(5-3-1)28-11-7-20-17-16-18(23-14-22-16)25-19(24-17)21-6-8-26-9-12-27-13-10-26/h1-5,14H,6-13H2,(H3,20,21,22,23,24,25). The van der Waals surface area contributed by atoms with E-state index in [-0.39, 0.29) is 0 Å². The minimum atomic E-state index is 0.531. The smallest absolute Gasteiger partial charge is 0.226 e. The summed E-state index contributed by atoms with van der Waals surface area (Å²) in [6.45, 7) is 6.39. The summed E-state index contributed by atoms with van der Waals surface area (Å²) in [7, 11) is 0. The average Bonchev–Trinajstić information content (AvgIpc) is 3.21. The third kappa shape index (κ3) is 4.87. The van der Waals surface area contributed by atoms with Crippen LogP contribution in [0.1, 0.15) is 0 Å². The lowest BCUT2D eigenvalue weighted by molar-refractivity contribution is 0.0398. The van der Waals surface area contributed by atoms with Gasteiger partial charge in [0, 0.05) is 26.2 Å².